The van der Waals surface area contributed by atoms with Crippen LogP contribution in [0.25, 0.3) is 0 Å². The highest BCUT2D eigenvalue weighted by molar-refractivity contribution is 5.95. The van der Waals surface area contributed by atoms with Gasteiger partial charge in [0.25, 0.3) is 5.91 Å². The number of morpholine rings is 1. The van der Waals surface area contributed by atoms with Gasteiger partial charge in [-0.3, -0.25) is 9.59 Å². The van der Waals surface area contributed by atoms with E-state index in [1.165, 1.54) is 0 Å². The Hall–Kier alpha value is -1.54. The van der Waals surface area contributed by atoms with Crippen molar-refractivity contribution < 1.29 is 14.3 Å². The average Bonchev–Trinajstić information content (AvgIpc) is 2.27. The van der Waals surface area contributed by atoms with Gasteiger partial charge in [-0.15, -0.1) is 0 Å². The molecule has 0 aromatic heterocycles. The summed E-state index contributed by atoms with van der Waals surface area (Å²) in [6.45, 7) is 3.89. The molecule has 5 nitrogen and oxygen atoms in total. The van der Waals surface area contributed by atoms with E-state index in [4.69, 9.17) is 4.74 Å². The molecule has 2 amide bonds. The number of carbonyl (C=O) groups is 2. The molecule has 0 aromatic carbocycles. The van der Waals surface area contributed by atoms with Gasteiger partial charge in [0.05, 0.1) is 19.8 Å². The zero-order valence-electron chi connectivity index (χ0n) is 8.71. The summed E-state index contributed by atoms with van der Waals surface area (Å²) >= 11 is 0. The van der Waals surface area contributed by atoms with Gasteiger partial charge in [0.2, 0.25) is 5.91 Å². The van der Waals surface area contributed by atoms with E-state index in [1.807, 2.05) is 0 Å². The highest BCUT2D eigenvalue weighted by atomic mass is 16.5. The van der Waals surface area contributed by atoms with Crippen molar-refractivity contribution in [2.75, 3.05) is 32.8 Å². The van der Waals surface area contributed by atoms with Crippen molar-refractivity contribution in [1.29, 1.82) is 0 Å². The van der Waals surface area contributed by atoms with E-state index in [-0.39, 0.29) is 12.5 Å². The van der Waals surface area contributed by atoms with Gasteiger partial charge < -0.3 is 15.0 Å². The summed E-state index contributed by atoms with van der Waals surface area (Å²) in [7, 11) is 0. The second-order valence-corrected chi connectivity index (χ2v) is 3.05. The molecule has 0 radical (unpaired) electrons. The third-order valence-electron chi connectivity index (χ3n) is 2.00. The fourth-order valence-electron chi connectivity index (χ4n) is 1.24. The molecule has 1 aliphatic heterocycles. The molecule has 1 rings (SSSR count). The summed E-state index contributed by atoms with van der Waals surface area (Å²) in [5.74, 6) is 4.26. The van der Waals surface area contributed by atoms with E-state index in [9.17, 15) is 9.59 Å². The molecule has 5 heteroatoms. The summed E-state index contributed by atoms with van der Waals surface area (Å²) in [6, 6.07) is 0. The van der Waals surface area contributed by atoms with E-state index in [0.717, 1.165) is 0 Å². The standard InChI is InChI=1S/C10H14N2O3/c1-2-3-9(13)11-8-10(14)12-4-6-15-7-5-12/h4-8H2,1H3,(H,11,13). The number of amides is 2. The number of rotatable bonds is 2. The highest BCUT2D eigenvalue weighted by Crippen LogP contribution is 1.96. The molecular weight excluding hydrogens is 196 g/mol. The zero-order valence-corrected chi connectivity index (χ0v) is 8.71. The van der Waals surface area contributed by atoms with Crippen LogP contribution in [0.1, 0.15) is 6.92 Å². The maximum Gasteiger partial charge on any atom is 0.296 e. The van der Waals surface area contributed by atoms with Crippen molar-refractivity contribution in [2.24, 2.45) is 0 Å². The molecule has 1 N–H and O–H groups in total. The minimum Gasteiger partial charge on any atom is -0.378 e. The van der Waals surface area contributed by atoms with E-state index in [0.29, 0.717) is 26.3 Å². The summed E-state index contributed by atoms with van der Waals surface area (Å²) in [5.41, 5.74) is 0. The normalized spacial score (nSPS) is 15.1. The fraction of sp³-hybridized carbons (Fsp3) is 0.600. The second kappa shape index (κ2) is 6.04. The predicted molar refractivity (Wildman–Crippen MR) is 53.9 cm³/mol. The quantitative estimate of drug-likeness (QED) is 0.594. The molecule has 1 saturated heterocycles. The molecule has 82 valence electrons. The molecule has 0 unspecified atom stereocenters. The maximum absolute atomic E-state index is 11.5. The first-order valence-corrected chi connectivity index (χ1v) is 4.80. The molecular formula is C10H14N2O3. The third kappa shape index (κ3) is 4.00. The monoisotopic (exact) mass is 210 g/mol. The van der Waals surface area contributed by atoms with Crippen LogP contribution >= 0.6 is 0 Å². The lowest BCUT2D eigenvalue weighted by atomic mass is 10.4. The average molecular weight is 210 g/mol. The Balaban J connectivity index is 2.27. The van der Waals surface area contributed by atoms with Gasteiger partial charge in [-0.1, -0.05) is 5.92 Å². The fourth-order valence-corrected chi connectivity index (χ4v) is 1.24. The van der Waals surface area contributed by atoms with E-state index >= 15 is 0 Å². The number of nitrogens with one attached hydrogen (secondary N) is 1. The van der Waals surface area contributed by atoms with Gasteiger partial charge in [-0.05, 0) is 12.8 Å². The van der Waals surface area contributed by atoms with Crippen LogP contribution in [-0.4, -0.2) is 49.6 Å². The predicted octanol–water partition coefficient (Wildman–Crippen LogP) is -1.02. The van der Waals surface area contributed by atoms with Crippen molar-refractivity contribution >= 4 is 11.8 Å². The summed E-state index contributed by atoms with van der Waals surface area (Å²) in [4.78, 5) is 24.1. The van der Waals surface area contributed by atoms with Crippen LogP contribution in [0.3, 0.4) is 0 Å². The van der Waals surface area contributed by atoms with Crippen molar-refractivity contribution in [3.05, 3.63) is 0 Å². The Bertz CT molecular complexity index is 298. The summed E-state index contributed by atoms with van der Waals surface area (Å²) < 4.78 is 5.11. The minimum absolute atomic E-state index is 0.00745. The molecule has 1 fully saturated rings. The molecule has 0 saturated carbocycles. The van der Waals surface area contributed by atoms with Gasteiger partial charge in [-0.25, -0.2) is 0 Å². The molecule has 0 aromatic rings. The smallest absolute Gasteiger partial charge is 0.296 e. The molecule has 0 bridgehead atoms. The van der Waals surface area contributed by atoms with Crippen LogP contribution in [0.2, 0.25) is 0 Å². The van der Waals surface area contributed by atoms with E-state index in [2.05, 4.69) is 17.2 Å². The van der Waals surface area contributed by atoms with Crippen LogP contribution in [0.15, 0.2) is 0 Å². The number of nitrogens with zero attached hydrogens (tertiary/aromatic N) is 1. The van der Waals surface area contributed by atoms with Crippen molar-refractivity contribution in [2.45, 2.75) is 6.92 Å². The lowest BCUT2D eigenvalue weighted by Crippen LogP contribution is -2.45. The number of carbonyl (C=O) groups excluding carboxylic acids is 2. The Morgan fingerprint density at radius 1 is 1.40 bits per heavy atom. The van der Waals surface area contributed by atoms with Crippen molar-refractivity contribution in [1.82, 2.24) is 10.2 Å². The molecule has 1 heterocycles. The summed E-state index contributed by atoms with van der Waals surface area (Å²) in [6.07, 6.45) is 0. The largest absolute Gasteiger partial charge is 0.378 e. The lowest BCUT2D eigenvalue weighted by Gasteiger charge is -2.26. The Labute approximate surface area is 88.8 Å². The molecule has 15 heavy (non-hydrogen) atoms. The van der Waals surface area contributed by atoms with E-state index < -0.39 is 5.91 Å². The van der Waals surface area contributed by atoms with Crippen molar-refractivity contribution in [3.63, 3.8) is 0 Å². The van der Waals surface area contributed by atoms with Gasteiger partial charge in [0.15, 0.2) is 0 Å². The Kier molecular flexibility index (Phi) is 4.64. The molecule has 1 aliphatic rings. The molecule has 0 atom stereocenters. The van der Waals surface area contributed by atoms with Crippen molar-refractivity contribution in [3.8, 4) is 11.8 Å². The first-order chi connectivity index (χ1) is 7.24. The van der Waals surface area contributed by atoms with Crippen LogP contribution < -0.4 is 5.32 Å². The molecule has 0 spiro atoms. The van der Waals surface area contributed by atoms with Gasteiger partial charge in [0, 0.05) is 13.1 Å². The number of hydrogen-bond donors (Lipinski definition) is 1. The Morgan fingerprint density at radius 2 is 2.07 bits per heavy atom. The first-order valence-electron chi connectivity index (χ1n) is 4.80. The first kappa shape index (κ1) is 11.5. The van der Waals surface area contributed by atoms with Crippen LogP contribution in [0, 0.1) is 11.8 Å². The number of ether oxygens (including phenoxy) is 1. The Morgan fingerprint density at radius 3 is 2.67 bits per heavy atom. The van der Waals surface area contributed by atoms with Gasteiger partial charge >= 0.3 is 0 Å². The SMILES string of the molecule is CC#CC(=O)NCC(=O)N1CCOCC1. The van der Waals surface area contributed by atoms with Crippen LogP contribution in [0.5, 0.6) is 0 Å². The third-order valence-corrected chi connectivity index (χ3v) is 2.00. The van der Waals surface area contributed by atoms with Gasteiger partial charge in [0.1, 0.15) is 0 Å². The van der Waals surface area contributed by atoms with E-state index in [1.54, 1.807) is 11.8 Å². The summed E-state index contributed by atoms with van der Waals surface area (Å²) in [5, 5.41) is 2.44. The second-order valence-electron chi connectivity index (χ2n) is 3.05. The highest BCUT2D eigenvalue weighted by Gasteiger charge is 2.16. The lowest BCUT2D eigenvalue weighted by molar-refractivity contribution is -0.135. The minimum atomic E-state index is -0.417. The van der Waals surface area contributed by atoms with Crippen LogP contribution in [-0.2, 0) is 14.3 Å². The molecule has 0 aliphatic carbocycles. The number of hydrogen-bond acceptors (Lipinski definition) is 3. The zero-order chi connectivity index (χ0) is 11.1. The maximum atomic E-state index is 11.5. The van der Waals surface area contributed by atoms with Gasteiger partial charge in [-0.2, -0.15) is 0 Å². The van der Waals surface area contributed by atoms with Crippen LogP contribution in [0.4, 0.5) is 0 Å². The topological polar surface area (TPSA) is 58.6 Å².